The Morgan fingerprint density at radius 2 is 1.65 bits per heavy atom. The van der Waals surface area contributed by atoms with Gasteiger partial charge in [0.15, 0.2) is 0 Å². The molecule has 0 spiro atoms. The van der Waals surface area contributed by atoms with Gasteiger partial charge in [0.1, 0.15) is 23.7 Å². The van der Waals surface area contributed by atoms with Gasteiger partial charge in [-0.1, -0.05) is 42.5 Å². The fourth-order valence-corrected chi connectivity index (χ4v) is 4.08. The van der Waals surface area contributed by atoms with Gasteiger partial charge in [0, 0.05) is 38.9 Å². The van der Waals surface area contributed by atoms with Crippen molar-refractivity contribution in [2.45, 2.75) is 40.0 Å². The lowest BCUT2D eigenvalue weighted by molar-refractivity contribution is 0.0378. The Bertz CT molecular complexity index is 1090. The van der Waals surface area contributed by atoms with Crippen LogP contribution < -0.4 is 9.64 Å². The van der Waals surface area contributed by atoms with Crippen molar-refractivity contribution < 1.29 is 14.3 Å². The van der Waals surface area contributed by atoms with E-state index >= 15 is 0 Å². The van der Waals surface area contributed by atoms with Crippen LogP contribution in [0.15, 0.2) is 66.9 Å². The van der Waals surface area contributed by atoms with Gasteiger partial charge in [-0.05, 0) is 55.7 Å². The Labute approximate surface area is 202 Å². The molecule has 1 saturated heterocycles. The molecule has 2 aromatic carbocycles. The molecule has 0 unspecified atom stereocenters. The first kappa shape index (κ1) is 23.8. The average molecular weight is 460 g/mol. The molecule has 34 heavy (non-hydrogen) atoms. The van der Waals surface area contributed by atoms with Crippen LogP contribution in [0.5, 0.6) is 5.75 Å². The van der Waals surface area contributed by atoms with Crippen molar-refractivity contribution >= 4 is 11.8 Å². The molecule has 1 aromatic heterocycles. The highest BCUT2D eigenvalue weighted by Gasteiger charge is 2.23. The first-order valence-electron chi connectivity index (χ1n) is 11.9. The number of hydrogen-bond donors (Lipinski definition) is 0. The summed E-state index contributed by atoms with van der Waals surface area (Å²) in [4.78, 5) is 21.6. The van der Waals surface area contributed by atoms with Gasteiger partial charge in [0.05, 0.1) is 6.10 Å². The Balaban J connectivity index is 1.29. The van der Waals surface area contributed by atoms with Crippen molar-refractivity contribution in [1.29, 1.82) is 0 Å². The quantitative estimate of drug-likeness (QED) is 0.449. The van der Waals surface area contributed by atoms with Crippen LogP contribution >= 0.6 is 0 Å². The van der Waals surface area contributed by atoms with Crippen LogP contribution in [0.3, 0.4) is 0 Å². The molecule has 0 N–H and O–H groups in total. The molecule has 178 valence electrons. The zero-order chi connectivity index (χ0) is 23.9. The van der Waals surface area contributed by atoms with Crippen LogP contribution in [0, 0.1) is 6.92 Å². The van der Waals surface area contributed by atoms with Crippen LogP contribution in [0.1, 0.15) is 40.9 Å². The lowest BCUT2D eigenvalue weighted by Crippen LogP contribution is -2.46. The predicted octanol–water partition coefficient (Wildman–Crippen LogP) is 4.86. The molecule has 0 radical (unpaired) electrons. The summed E-state index contributed by atoms with van der Waals surface area (Å²) in [7, 11) is 0. The monoisotopic (exact) mass is 459 g/mol. The van der Waals surface area contributed by atoms with Gasteiger partial charge in [-0.2, -0.15) is 0 Å². The van der Waals surface area contributed by atoms with E-state index in [-0.39, 0.29) is 12.1 Å². The number of esters is 1. The highest BCUT2D eigenvalue weighted by Crippen LogP contribution is 2.22. The summed E-state index contributed by atoms with van der Waals surface area (Å²) in [6, 6.07) is 20.3. The molecule has 0 bridgehead atoms. The van der Waals surface area contributed by atoms with Gasteiger partial charge < -0.3 is 14.4 Å². The van der Waals surface area contributed by atoms with Crippen LogP contribution in [0.4, 0.5) is 5.82 Å². The highest BCUT2D eigenvalue weighted by molar-refractivity contribution is 5.94. The molecule has 1 fully saturated rings. The molecule has 4 rings (SSSR count). The molecule has 6 nitrogen and oxygen atoms in total. The molecule has 0 atom stereocenters. The molecule has 3 aromatic rings. The number of hydrogen-bond acceptors (Lipinski definition) is 6. The summed E-state index contributed by atoms with van der Waals surface area (Å²) in [5.41, 5.74) is 4.13. The molecular weight excluding hydrogens is 426 g/mol. The summed E-state index contributed by atoms with van der Waals surface area (Å²) < 4.78 is 11.4. The van der Waals surface area contributed by atoms with Crippen molar-refractivity contribution in [3.8, 4) is 5.75 Å². The number of rotatable bonds is 8. The number of carbonyl (C=O) groups is 1. The van der Waals surface area contributed by atoms with Gasteiger partial charge in [0.2, 0.25) is 0 Å². The summed E-state index contributed by atoms with van der Waals surface area (Å²) in [6.07, 6.45) is 1.58. The van der Waals surface area contributed by atoms with Crippen molar-refractivity contribution in [2.75, 3.05) is 31.1 Å². The number of nitrogens with zero attached hydrogens (tertiary/aromatic N) is 3. The number of pyridine rings is 1. The number of aryl methyl sites for hydroxylation is 1. The fourth-order valence-electron chi connectivity index (χ4n) is 4.08. The van der Waals surface area contributed by atoms with E-state index in [4.69, 9.17) is 9.47 Å². The zero-order valence-electron chi connectivity index (χ0n) is 20.2. The zero-order valence-corrected chi connectivity index (χ0v) is 20.2. The number of carbonyl (C=O) groups excluding carboxylic acids is 1. The molecule has 2 heterocycles. The first-order chi connectivity index (χ1) is 16.5. The first-order valence-corrected chi connectivity index (χ1v) is 11.9. The molecule has 0 saturated carbocycles. The SMILES string of the molecule is Cc1ccccc1OCc1ccc(CN2CCN(c3ncccc3C(=O)OC(C)C)CC2)cc1. The van der Waals surface area contributed by atoms with E-state index < -0.39 is 0 Å². The van der Waals surface area contributed by atoms with Crippen molar-refractivity contribution in [3.63, 3.8) is 0 Å². The van der Waals surface area contributed by atoms with E-state index in [1.54, 1.807) is 18.3 Å². The van der Waals surface area contributed by atoms with E-state index in [0.717, 1.165) is 49.6 Å². The van der Waals surface area contributed by atoms with Gasteiger partial charge in [-0.25, -0.2) is 9.78 Å². The summed E-state index contributed by atoms with van der Waals surface area (Å²) in [6.45, 7) is 10.7. The molecule has 1 aliphatic heterocycles. The number of para-hydroxylation sites is 1. The number of ether oxygens (including phenoxy) is 2. The van der Waals surface area contributed by atoms with E-state index in [1.807, 2.05) is 32.0 Å². The molecular formula is C28H33N3O3. The third-order valence-corrected chi connectivity index (χ3v) is 5.94. The maximum absolute atomic E-state index is 12.5. The third-order valence-electron chi connectivity index (χ3n) is 5.94. The van der Waals surface area contributed by atoms with E-state index in [2.05, 4.69) is 52.0 Å². The van der Waals surface area contributed by atoms with Crippen molar-refractivity contribution in [3.05, 3.63) is 89.1 Å². The number of anilines is 1. The molecule has 0 amide bonds. The number of benzene rings is 2. The minimum absolute atomic E-state index is 0.155. The van der Waals surface area contributed by atoms with Gasteiger partial charge in [-0.15, -0.1) is 0 Å². The van der Waals surface area contributed by atoms with Crippen LogP contribution in [-0.2, 0) is 17.9 Å². The summed E-state index contributed by atoms with van der Waals surface area (Å²) in [5.74, 6) is 1.33. The second-order valence-corrected chi connectivity index (χ2v) is 8.96. The Kier molecular flexibility index (Phi) is 7.80. The Morgan fingerprint density at radius 1 is 0.941 bits per heavy atom. The number of aromatic nitrogens is 1. The summed E-state index contributed by atoms with van der Waals surface area (Å²) in [5, 5.41) is 0. The normalized spacial score (nSPS) is 14.3. The minimum Gasteiger partial charge on any atom is -0.489 e. The van der Waals surface area contributed by atoms with E-state index in [9.17, 15) is 4.79 Å². The molecule has 6 heteroatoms. The Hall–Kier alpha value is -3.38. The number of piperazine rings is 1. The largest absolute Gasteiger partial charge is 0.489 e. The standard InChI is InChI=1S/C28H33N3O3/c1-21(2)34-28(32)25-8-6-14-29-27(25)31-17-15-30(16-18-31)19-23-10-12-24(13-11-23)20-33-26-9-5-4-7-22(26)3/h4-14,21H,15-20H2,1-3H3. The van der Waals surface area contributed by atoms with E-state index in [1.165, 1.54) is 5.56 Å². The second kappa shape index (κ2) is 11.2. The van der Waals surface area contributed by atoms with Gasteiger partial charge >= 0.3 is 5.97 Å². The van der Waals surface area contributed by atoms with Crippen LogP contribution in [-0.4, -0.2) is 48.1 Å². The third kappa shape index (κ3) is 6.14. The topological polar surface area (TPSA) is 54.9 Å². The minimum atomic E-state index is -0.313. The van der Waals surface area contributed by atoms with Gasteiger partial charge in [-0.3, -0.25) is 4.90 Å². The maximum Gasteiger partial charge on any atom is 0.342 e. The maximum atomic E-state index is 12.5. The molecule has 0 aliphatic carbocycles. The van der Waals surface area contributed by atoms with Crippen LogP contribution in [0.2, 0.25) is 0 Å². The van der Waals surface area contributed by atoms with Crippen molar-refractivity contribution in [1.82, 2.24) is 9.88 Å². The lowest BCUT2D eigenvalue weighted by atomic mass is 10.1. The fraction of sp³-hybridized carbons (Fsp3) is 0.357. The van der Waals surface area contributed by atoms with Crippen molar-refractivity contribution in [2.24, 2.45) is 0 Å². The predicted molar refractivity (Wildman–Crippen MR) is 134 cm³/mol. The van der Waals surface area contributed by atoms with Crippen LogP contribution in [0.25, 0.3) is 0 Å². The Morgan fingerprint density at radius 3 is 2.35 bits per heavy atom. The van der Waals surface area contributed by atoms with E-state index in [0.29, 0.717) is 18.0 Å². The summed E-state index contributed by atoms with van der Waals surface area (Å²) >= 11 is 0. The second-order valence-electron chi connectivity index (χ2n) is 8.96. The smallest absolute Gasteiger partial charge is 0.342 e. The highest BCUT2D eigenvalue weighted by atomic mass is 16.5. The average Bonchev–Trinajstić information content (AvgIpc) is 2.84. The molecule has 1 aliphatic rings. The lowest BCUT2D eigenvalue weighted by Gasteiger charge is -2.36. The van der Waals surface area contributed by atoms with Gasteiger partial charge in [0.25, 0.3) is 0 Å².